The molecule has 0 aliphatic heterocycles. The van der Waals surface area contributed by atoms with E-state index in [0.29, 0.717) is 25.4 Å². The topological polar surface area (TPSA) is 55.1 Å². The minimum atomic E-state index is 0.141. The summed E-state index contributed by atoms with van der Waals surface area (Å²) in [7, 11) is 0. The Morgan fingerprint density at radius 3 is 2.72 bits per heavy atom. The highest BCUT2D eigenvalue weighted by Crippen LogP contribution is 2.20. The Balaban J connectivity index is 2.24. The number of carbonyl (C=O) groups excluding carboxylic acids is 1. The maximum atomic E-state index is 11.7. The predicted molar refractivity (Wildman–Crippen MR) is 77.7 cm³/mol. The van der Waals surface area contributed by atoms with Crippen molar-refractivity contribution in [3.63, 3.8) is 0 Å². The number of rotatable bonds is 7. The second-order valence-electron chi connectivity index (χ2n) is 4.95. The summed E-state index contributed by atoms with van der Waals surface area (Å²) >= 11 is 1.76. The lowest BCUT2D eigenvalue weighted by molar-refractivity contribution is -0.121. The van der Waals surface area contributed by atoms with Crippen LogP contribution < -0.4 is 11.1 Å². The lowest BCUT2D eigenvalue weighted by atomic mass is 10.0. The van der Waals surface area contributed by atoms with Crippen LogP contribution in [0.4, 0.5) is 0 Å². The molecule has 4 heteroatoms. The van der Waals surface area contributed by atoms with Crippen LogP contribution in [0.15, 0.2) is 6.07 Å². The molecule has 0 aliphatic carbocycles. The Morgan fingerprint density at radius 1 is 1.44 bits per heavy atom. The van der Waals surface area contributed by atoms with Crippen LogP contribution in [0.5, 0.6) is 0 Å². The number of thiophene rings is 1. The summed E-state index contributed by atoms with van der Waals surface area (Å²) in [4.78, 5) is 14.2. The van der Waals surface area contributed by atoms with Gasteiger partial charge in [0.2, 0.25) is 5.91 Å². The molecule has 0 radical (unpaired) electrons. The SMILES string of the molecule is Cc1cc(CNC(=O)CCC(C)CCN)sc1C. The van der Waals surface area contributed by atoms with Crippen LogP contribution >= 0.6 is 11.3 Å². The minimum absolute atomic E-state index is 0.141. The van der Waals surface area contributed by atoms with Gasteiger partial charge < -0.3 is 11.1 Å². The van der Waals surface area contributed by atoms with Gasteiger partial charge in [-0.2, -0.15) is 0 Å². The molecule has 102 valence electrons. The molecular formula is C14H24N2OS. The summed E-state index contributed by atoms with van der Waals surface area (Å²) < 4.78 is 0. The van der Waals surface area contributed by atoms with Gasteiger partial charge in [-0.1, -0.05) is 6.92 Å². The molecule has 1 amide bonds. The number of hydrogen-bond donors (Lipinski definition) is 2. The van der Waals surface area contributed by atoms with Crippen molar-refractivity contribution in [1.29, 1.82) is 0 Å². The third kappa shape index (κ3) is 5.19. The number of hydrogen-bond acceptors (Lipinski definition) is 3. The Kier molecular flexibility index (Phi) is 6.36. The molecular weight excluding hydrogens is 244 g/mol. The van der Waals surface area contributed by atoms with E-state index in [0.717, 1.165) is 12.8 Å². The van der Waals surface area contributed by atoms with Gasteiger partial charge in [0, 0.05) is 16.2 Å². The van der Waals surface area contributed by atoms with E-state index in [1.807, 2.05) is 0 Å². The zero-order valence-electron chi connectivity index (χ0n) is 11.6. The van der Waals surface area contributed by atoms with Crippen LogP contribution in [-0.4, -0.2) is 12.5 Å². The molecule has 0 fully saturated rings. The molecule has 0 aromatic carbocycles. The molecule has 1 heterocycles. The molecule has 0 spiro atoms. The predicted octanol–water partition coefficient (Wildman–Crippen LogP) is 2.75. The Hall–Kier alpha value is -0.870. The van der Waals surface area contributed by atoms with Crippen LogP contribution in [0.1, 0.15) is 41.5 Å². The van der Waals surface area contributed by atoms with Crippen molar-refractivity contribution in [3.05, 3.63) is 21.4 Å². The number of amides is 1. The van der Waals surface area contributed by atoms with Gasteiger partial charge >= 0.3 is 0 Å². The molecule has 1 aromatic heterocycles. The Labute approximate surface area is 114 Å². The normalized spacial score (nSPS) is 12.4. The van der Waals surface area contributed by atoms with Crippen LogP contribution in [0.3, 0.4) is 0 Å². The third-order valence-electron chi connectivity index (χ3n) is 3.20. The Morgan fingerprint density at radius 2 is 2.17 bits per heavy atom. The molecule has 18 heavy (non-hydrogen) atoms. The first kappa shape index (κ1) is 15.2. The number of nitrogens with one attached hydrogen (secondary N) is 1. The molecule has 3 N–H and O–H groups in total. The monoisotopic (exact) mass is 268 g/mol. The molecule has 0 aliphatic rings. The summed E-state index contributed by atoms with van der Waals surface area (Å²) in [6.07, 6.45) is 2.52. The fraction of sp³-hybridized carbons (Fsp3) is 0.643. The first-order chi connectivity index (χ1) is 8.52. The van der Waals surface area contributed by atoms with E-state index < -0.39 is 0 Å². The van der Waals surface area contributed by atoms with Crippen molar-refractivity contribution in [2.75, 3.05) is 6.54 Å². The molecule has 0 saturated heterocycles. The summed E-state index contributed by atoms with van der Waals surface area (Å²) in [5.41, 5.74) is 6.79. The van der Waals surface area contributed by atoms with Gasteiger partial charge in [-0.05, 0) is 50.8 Å². The van der Waals surface area contributed by atoms with Crippen molar-refractivity contribution in [1.82, 2.24) is 5.32 Å². The van der Waals surface area contributed by atoms with E-state index in [1.54, 1.807) is 11.3 Å². The van der Waals surface area contributed by atoms with E-state index >= 15 is 0 Å². The van der Waals surface area contributed by atoms with Gasteiger partial charge in [0.1, 0.15) is 0 Å². The van der Waals surface area contributed by atoms with E-state index in [1.165, 1.54) is 15.3 Å². The highest BCUT2D eigenvalue weighted by atomic mass is 32.1. The van der Waals surface area contributed by atoms with Crippen LogP contribution in [0.25, 0.3) is 0 Å². The Bertz CT molecular complexity index is 368. The van der Waals surface area contributed by atoms with Gasteiger partial charge in [-0.15, -0.1) is 11.3 Å². The lowest BCUT2D eigenvalue weighted by Gasteiger charge is -2.09. The van der Waals surface area contributed by atoms with Crippen molar-refractivity contribution in [2.45, 2.75) is 46.6 Å². The van der Waals surface area contributed by atoms with Gasteiger partial charge in [-0.25, -0.2) is 0 Å². The van der Waals surface area contributed by atoms with E-state index in [-0.39, 0.29) is 5.91 Å². The molecule has 1 rings (SSSR count). The molecule has 1 aromatic rings. The largest absolute Gasteiger partial charge is 0.351 e. The second kappa shape index (κ2) is 7.54. The lowest BCUT2D eigenvalue weighted by Crippen LogP contribution is -2.22. The number of nitrogens with two attached hydrogens (primary N) is 1. The smallest absolute Gasteiger partial charge is 0.220 e. The number of aryl methyl sites for hydroxylation is 2. The van der Waals surface area contributed by atoms with Crippen molar-refractivity contribution in [3.8, 4) is 0 Å². The highest BCUT2D eigenvalue weighted by molar-refractivity contribution is 7.12. The summed E-state index contributed by atoms with van der Waals surface area (Å²) in [6, 6.07) is 2.15. The van der Waals surface area contributed by atoms with Gasteiger partial charge in [-0.3, -0.25) is 4.79 Å². The zero-order chi connectivity index (χ0) is 13.5. The second-order valence-corrected chi connectivity index (χ2v) is 6.29. The molecule has 1 atom stereocenters. The molecule has 0 bridgehead atoms. The maximum Gasteiger partial charge on any atom is 0.220 e. The number of carbonyl (C=O) groups is 1. The van der Waals surface area contributed by atoms with Crippen molar-refractivity contribution >= 4 is 17.2 Å². The van der Waals surface area contributed by atoms with E-state index in [9.17, 15) is 4.79 Å². The summed E-state index contributed by atoms with van der Waals surface area (Å²) in [6.45, 7) is 7.72. The average molecular weight is 268 g/mol. The van der Waals surface area contributed by atoms with Gasteiger partial charge in [0.05, 0.1) is 6.54 Å². The highest BCUT2D eigenvalue weighted by Gasteiger charge is 2.07. The summed E-state index contributed by atoms with van der Waals surface area (Å²) in [5, 5.41) is 2.98. The molecule has 1 unspecified atom stereocenters. The van der Waals surface area contributed by atoms with Gasteiger partial charge in [0.25, 0.3) is 0 Å². The van der Waals surface area contributed by atoms with Crippen molar-refractivity contribution in [2.24, 2.45) is 11.7 Å². The third-order valence-corrected chi connectivity index (χ3v) is 4.35. The zero-order valence-corrected chi connectivity index (χ0v) is 12.4. The fourth-order valence-corrected chi connectivity index (χ4v) is 2.81. The first-order valence-electron chi connectivity index (χ1n) is 6.55. The fourth-order valence-electron chi connectivity index (χ4n) is 1.82. The van der Waals surface area contributed by atoms with Crippen LogP contribution in [0, 0.1) is 19.8 Å². The maximum absolute atomic E-state index is 11.7. The van der Waals surface area contributed by atoms with E-state index in [4.69, 9.17) is 5.73 Å². The molecule has 3 nitrogen and oxygen atoms in total. The standard InChI is InChI=1S/C14H24N2OS/c1-10(6-7-15)4-5-14(17)16-9-13-8-11(2)12(3)18-13/h8,10H,4-7,9,15H2,1-3H3,(H,16,17). The molecule has 0 saturated carbocycles. The first-order valence-corrected chi connectivity index (χ1v) is 7.37. The quantitative estimate of drug-likeness (QED) is 0.799. The van der Waals surface area contributed by atoms with Crippen LogP contribution in [-0.2, 0) is 11.3 Å². The van der Waals surface area contributed by atoms with Gasteiger partial charge in [0.15, 0.2) is 0 Å². The van der Waals surface area contributed by atoms with E-state index in [2.05, 4.69) is 32.2 Å². The minimum Gasteiger partial charge on any atom is -0.351 e. The average Bonchev–Trinajstić information content (AvgIpc) is 2.64. The summed E-state index contributed by atoms with van der Waals surface area (Å²) in [5.74, 6) is 0.676. The van der Waals surface area contributed by atoms with Crippen molar-refractivity contribution < 1.29 is 4.79 Å². The van der Waals surface area contributed by atoms with Crippen LogP contribution in [0.2, 0.25) is 0 Å².